The maximum absolute atomic E-state index is 10.4. The second kappa shape index (κ2) is 9.56. The third-order valence-electron chi connectivity index (χ3n) is 5.89. The Morgan fingerprint density at radius 1 is 1.04 bits per heavy atom. The van der Waals surface area contributed by atoms with Crippen LogP contribution >= 0.6 is 0 Å². The SMILES string of the molecule is COc1ccc(CCC(O)CN2CCN(C3CCCCC3)CC2)cc1. The Bertz CT molecular complexity index is 491. The summed E-state index contributed by atoms with van der Waals surface area (Å²) < 4.78 is 5.19. The van der Waals surface area contributed by atoms with Crippen LogP contribution in [0.15, 0.2) is 24.3 Å². The van der Waals surface area contributed by atoms with Crippen LogP contribution in [-0.2, 0) is 6.42 Å². The minimum Gasteiger partial charge on any atom is -0.497 e. The number of rotatable bonds is 7. The van der Waals surface area contributed by atoms with Crippen LogP contribution in [0.3, 0.4) is 0 Å². The predicted octanol–water partition coefficient (Wildman–Crippen LogP) is 2.94. The summed E-state index contributed by atoms with van der Waals surface area (Å²) in [6.45, 7) is 5.38. The van der Waals surface area contributed by atoms with Gasteiger partial charge in [0.15, 0.2) is 0 Å². The number of methoxy groups -OCH3 is 1. The first-order valence-corrected chi connectivity index (χ1v) is 10.0. The van der Waals surface area contributed by atoms with E-state index in [1.54, 1.807) is 7.11 Å². The first-order chi connectivity index (χ1) is 12.2. The largest absolute Gasteiger partial charge is 0.497 e. The molecule has 4 heteroatoms. The highest BCUT2D eigenvalue weighted by molar-refractivity contribution is 5.27. The highest BCUT2D eigenvalue weighted by Crippen LogP contribution is 2.23. The van der Waals surface area contributed by atoms with Gasteiger partial charge in [-0.2, -0.15) is 0 Å². The van der Waals surface area contributed by atoms with E-state index >= 15 is 0 Å². The number of hydrogen-bond acceptors (Lipinski definition) is 4. The number of aliphatic hydroxyl groups is 1. The zero-order chi connectivity index (χ0) is 17.5. The van der Waals surface area contributed by atoms with Gasteiger partial charge >= 0.3 is 0 Å². The van der Waals surface area contributed by atoms with Gasteiger partial charge in [-0.05, 0) is 43.4 Å². The van der Waals surface area contributed by atoms with Crippen LogP contribution in [0.25, 0.3) is 0 Å². The van der Waals surface area contributed by atoms with E-state index in [4.69, 9.17) is 4.74 Å². The fourth-order valence-corrected chi connectivity index (χ4v) is 4.27. The van der Waals surface area contributed by atoms with Gasteiger partial charge in [-0.3, -0.25) is 9.80 Å². The molecule has 1 heterocycles. The maximum atomic E-state index is 10.4. The third-order valence-corrected chi connectivity index (χ3v) is 5.89. The molecule has 0 bridgehead atoms. The third kappa shape index (κ3) is 5.70. The molecule has 25 heavy (non-hydrogen) atoms. The number of hydrogen-bond donors (Lipinski definition) is 1. The van der Waals surface area contributed by atoms with Crippen molar-refractivity contribution in [3.8, 4) is 5.75 Å². The monoisotopic (exact) mass is 346 g/mol. The summed E-state index contributed by atoms with van der Waals surface area (Å²) in [4.78, 5) is 5.14. The molecule has 4 nitrogen and oxygen atoms in total. The highest BCUT2D eigenvalue weighted by atomic mass is 16.5. The number of nitrogens with zero attached hydrogens (tertiary/aromatic N) is 2. The molecule has 0 spiro atoms. The standard InChI is InChI=1S/C21H34N2O2/c1-25-21-11-8-18(9-12-21)7-10-20(24)17-22-13-15-23(16-14-22)19-5-3-2-4-6-19/h8-9,11-12,19-20,24H,2-7,10,13-17H2,1H3. The van der Waals surface area contributed by atoms with E-state index in [2.05, 4.69) is 21.9 Å². The van der Waals surface area contributed by atoms with Crippen molar-refractivity contribution in [1.82, 2.24) is 9.80 Å². The van der Waals surface area contributed by atoms with E-state index in [9.17, 15) is 5.11 Å². The minimum absolute atomic E-state index is 0.233. The smallest absolute Gasteiger partial charge is 0.118 e. The van der Waals surface area contributed by atoms with E-state index in [-0.39, 0.29) is 6.10 Å². The Balaban J connectivity index is 1.35. The summed E-state index contributed by atoms with van der Waals surface area (Å²) in [5, 5.41) is 10.4. The average Bonchev–Trinajstić information content (AvgIpc) is 2.68. The predicted molar refractivity (Wildman–Crippen MR) is 102 cm³/mol. The van der Waals surface area contributed by atoms with Crippen molar-refractivity contribution in [3.05, 3.63) is 29.8 Å². The Hall–Kier alpha value is -1.10. The highest BCUT2D eigenvalue weighted by Gasteiger charge is 2.25. The van der Waals surface area contributed by atoms with Crippen LogP contribution in [0.4, 0.5) is 0 Å². The average molecular weight is 347 g/mol. The van der Waals surface area contributed by atoms with Crippen molar-refractivity contribution >= 4 is 0 Å². The van der Waals surface area contributed by atoms with E-state index in [0.29, 0.717) is 0 Å². The van der Waals surface area contributed by atoms with E-state index in [1.165, 1.54) is 50.8 Å². The van der Waals surface area contributed by atoms with E-state index in [0.717, 1.165) is 44.3 Å². The van der Waals surface area contributed by atoms with Crippen LogP contribution in [0.1, 0.15) is 44.1 Å². The van der Waals surface area contributed by atoms with Gasteiger partial charge in [0.25, 0.3) is 0 Å². The molecular formula is C21H34N2O2. The van der Waals surface area contributed by atoms with Crippen molar-refractivity contribution < 1.29 is 9.84 Å². The lowest BCUT2D eigenvalue weighted by molar-refractivity contribution is 0.0455. The summed E-state index contributed by atoms with van der Waals surface area (Å²) in [7, 11) is 1.69. The molecule has 0 amide bonds. The zero-order valence-corrected chi connectivity index (χ0v) is 15.7. The number of aryl methyl sites for hydroxylation is 1. The molecule has 1 unspecified atom stereocenters. The molecule has 0 radical (unpaired) electrons. The Morgan fingerprint density at radius 2 is 1.72 bits per heavy atom. The fraction of sp³-hybridized carbons (Fsp3) is 0.714. The van der Waals surface area contributed by atoms with Gasteiger partial charge in [-0.25, -0.2) is 0 Å². The van der Waals surface area contributed by atoms with Gasteiger partial charge < -0.3 is 9.84 Å². The topological polar surface area (TPSA) is 35.9 Å². The van der Waals surface area contributed by atoms with Gasteiger partial charge in [-0.15, -0.1) is 0 Å². The molecule has 1 saturated carbocycles. The lowest BCUT2D eigenvalue weighted by Crippen LogP contribution is -2.52. The molecule has 1 saturated heterocycles. The molecule has 1 atom stereocenters. The Kier molecular flexibility index (Phi) is 7.14. The lowest BCUT2D eigenvalue weighted by Gasteiger charge is -2.41. The second-order valence-corrected chi connectivity index (χ2v) is 7.67. The van der Waals surface area contributed by atoms with Gasteiger partial charge in [0.05, 0.1) is 13.2 Å². The molecule has 2 aliphatic rings. The van der Waals surface area contributed by atoms with Gasteiger partial charge in [0.2, 0.25) is 0 Å². The molecule has 0 aromatic heterocycles. The van der Waals surface area contributed by atoms with Crippen LogP contribution in [0, 0.1) is 0 Å². The van der Waals surface area contributed by atoms with Gasteiger partial charge in [0, 0.05) is 38.8 Å². The number of aliphatic hydroxyl groups excluding tert-OH is 1. The Morgan fingerprint density at radius 3 is 2.36 bits per heavy atom. The summed E-state index contributed by atoms with van der Waals surface area (Å²) in [5.41, 5.74) is 1.27. The van der Waals surface area contributed by atoms with Crippen molar-refractivity contribution in [2.24, 2.45) is 0 Å². The summed E-state index contributed by atoms with van der Waals surface area (Å²) in [5.74, 6) is 0.889. The quantitative estimate of drug-likeness (QED) is 0.823. The minimum atomic E-state index is -0.233. The number of piperazine rings is 1. The van der Waals surface area contributed by atoms with Crippen molar-refractivity contribution in [2.45, 2.75) is 57.1 Å². The lowest BCUT2D eigenvalue weighted by atomic mass is 9.94. The number of ether oxygens (including phenoxy) is 1. The van der Waals surface area contributed by atoms with Crippen LogP contribution in [-0.4, -0.2) is 66.9 Å². The van der Waals surface area contributed by atoms with Crippen molar-refractivity contribution in [1.29, 1.82) is 0 Å². The van der Waals surface area contributed by atoms with E-state index in [1.807, 2.05) is 12.1 Å². The molecule has 2 fully saturated rings. The number of benzene rings is 1. The van der Waals surface area contributed by atoms with Gasteiger partial charge in [0.1, 0.15) is 5.75 Å². The fourth-order valence-electron chi connectivity index (χ4n) is 4.27. The van der Waals surface area contributed by atoms with Crippen molar-refractivity contribution in [2.75, 3.05) is 39.8 Å². The van der Waals surface area contributed by atoms with E-state index < -0.39 is 0 Å². The van der Waals surface area contributed by atoms with Crippen LogP contribution < -0.4 is 4.74 Å². The molecule has 1 aliphatic carbocycles. The van der Waals surface area contributed by atoms with Gasteiger partial charge in [-0.1, -0.05) is 31.4 Å². The molecule has 1 aromatic rings. The van der Waals surface area contributed by atoms with Crippen LogP contribution in [0.5, 0.6) is 5.75 Å². The first kappa shape index (κ1) is 18.7. The maximum Gasteiger partial charge on any atom is 0.118 e. The summed E-state index contributed by atoms with van der Waals surface area (Å²) in [6.07, 6.45) is 8.56. The summed E-state index contributed by atoms with van der Waals surface area (Å²) >= 11 is 0. The number of β-amino-alcohol motifs (C(OH)–C–C–N with tert-alkyl or cyclic N) is 1. The molecule has 1 aliphatic heterocycles. The normalized spacial score (nSPS) is 22.0. The zero-order valence-electron chi connectivity index (χ0n) is 15.7. The molecule has 140 valence electrons. The Labute approximate surface area is 152 Å². The molecule has 3 rings (SSSR count). The molecular weight excluding hydrogens is 312 g/mol. The first-order valence-electron chi connectivity index (χ1n) is 10.0. The molecule has 1 aromatic carbocycles. The molecule has 1 N–H and O–H groups in total. The second-order valence-electron chi connectivity index (χ2n) is 7.67. The summed E-state index contributed by atoms with van der Waals surface area (Å²) in [6, 6.07) is 9.00. The van der Waals surface area contributed by atoms with Crippen molar-refractivity contribution in [3.63, 3.8) is 0 Å². The van der Waals surface area contributed by atoms with Crippen LogP contribution in [0.2, 0.25) is 0 Å².